The van der Waals surface area contributed by atoms with E-state index in [1.807, 2.05) is 0 Å². The van der Waals surface area contributed by atoms with Gasteiger partial charge >= 0.3 is 0 Å². The summed E-state index contributed by atoms with van der Waals surface area (Å²) in [5.41, 5.74) is 11.4. The Kier molecular flexibility index (Phi) is 6.04. The number of hydrogen-bond donors (Lipinski definition) is 2. The van der Waals surface area contributed by atoms with Crippen molar-refractivity contribution < 1.29 is 4.39 Å². The van der Waals surface area contributed by atoms with E-state index in [4.69, 9.17) is 23.1 Å². The first-order valence-corrected chi connectivity index (χ1v) is 4.44. The Morgan fingerprint density at radius 3 is 2.57 bits per heavy atom. The molecule has 5 heteroatoms. The van der Waals surface area contributed by atoms with Gasteiger partial charge in [-0.2, -0.15) is 0 Å². The predicted molar refractivity (Wildman–Crippen MR) is 59.3 cm³/mol. The number of nitrogens with two attached hydrogens (primary N) is 2. The molecule has 0 saturated carbocycles. The van der Waals surface area contributed by atoms with Gasteiger partial charge in [-0.05, 0) is 25.1 Å². The summed E-state index contributed by atoms with van der Waals surface area (Å²) in [6.07, 6.45) is 0.528. The maximum absolute atomic E-state index is 13.2. The number of benzene rings is 1. The molecule has 1 atom stereocenters. The lowest BCUT2D eigenvalue weighted by molar-refractivity contribution is 0.567. The minimum Gasteiger partial charge on any atom is -0.330 e. The lowest BCUT2D eigenvalue weighted by atomic mass is 10.0. The van der Waals surface area contributed by atoms with Gasteiger partial charge in [0.1, 0.15) is 5.82 Å². The third-order valence-corrected chi connectivity index (χ3v) is 2.18. The van der Waals surface area contributed by atoms with Crippen LogP contribution in [-0.2, 0) is 0 Å². The fraction of sp³-hybridized carbons (Fsp3) is 0.333. The summed E-state index contributed by atoms with van der Waals surface area (Å²) in [4.78, 5) is 0. The van der Waals surface area contributed by atoms with Gasteiger partial charge in [-0.1, -0.05) is 17.7 Å². The van der Waals surface area contributed by atoms with E-state index < -0.39 is 6.04 Å². The molecule has 0 aromatic heterocycles. The summed E-state index contributed by atoms with van der Waals surface area (Å²) < 4.78 is 13.2. The first-order valence-electron chi connectivity index (χ1n) is 4.06. The van der Waals surface area contributed by atoms with Crippen molar-refractivity contribution in [3.05, 3.63) is 34.6 Å². The van der Waals surface area contributed by atoms with Gasteiger partial charge in [-0.25, -0.2) is 4.39 Å². The van der Waals surface area contributed by atoms with E-state index in [1.54, 1.807) is 12.1 Å². The van der Waals surface area contributed by atoms with Crippen LogP contribution >= 0.6 is 24.0 Å². The predicted octanol–water partition coefficient (Wildman–Crippen LogP) is 2.25. The molecule has 2 nitrogen and oxygen atoms in total. The van der Waals surface area contributed by atoms with Gasteiger partial charge in [-0.3, -0.25) is 0 Å². The Morgan fingerprint density at radius 2 is 2.07 bits per heavy atom. The molecule has 0 fully saturated rings. The molecule has 0 spiro atoms. The second-order valence-electron chi connectivity index (χ2n) is 2.82. The molecule has 0 aliphatic carbocycles. The summed E-state index contributed by atoms with van der Waals surface area (Å²) >= 11 is 5.80. The highest BCUT2D eigenvalue weighted by atomic mass is 35.5. The van der Waals surface area contributed by atoms with Crippen LogP contribution in [0.4, 0.5) is 4.39 Å². The standard InChI is InChI=1S/C9H12ClFN2.ClH/c10-6-2-1-3-7(11)9(6)8(13)4-5-12;/h1-3,8H,4-5,12-13H2;1H/t8-;/m0./s1. The minimum atomic E-state index is -0.418. The first kappa shape index (κ1) is 13.7. The Labute approximate surface area is 93.8 Å². The third kappa shape index (κ3) is 3.10. The van der Waals surface area contributed by atoms with Gasteiger partial charge in [0.2, 0.25) is 0 Å². The second-order valence-corrected chi connectivity index (χ2v) is 3.23. The van der Waals surface area contributed by atoms with Crippen molar-refractivity contribution in [2.45, 2.75) is 12.5 Å². The molecule has 0 bridgehead atoms. The number of rotatable bonds is 3. The Bertz CT molecular complexity index is 274. The lowest BCUT2D eigenvalue weighted by Crippen LogP contribution is -2.17. The van der Waals surface area contributed by atoms with Crippen molar-refractivity contribution in [1.29, 1.82) is 0 Å². The van der Waals surface area contributed by atoms with Crippen LogP contribution in [0.5, 0.6) is 0 Å². The topological polar surface area (TPSA) is 52.0 Å². The second kappa shape index (κ2) is 6.19. The van der Waals surface area contributed by atoms with Crippen LogP contribution in [0.3, 0.4) is 0 Å². The molecule has 0 amide bonds. The van der Waals surface area contributed by atoms with Crippen molar-refractivity contribution in [3.63, 3.8) is 0 Å². The minimum absolute atomic E-state index is 0. The van der Waals surface area contributed by atoms with Crippen LogP contribution in [0, 0.1) is 5.82 Å². The molecule has 0 radical (unpaired) electrons. The van der Waals surface area contributed by atoms with E-state index in [9.17, 15) is 4.39 Å². The quantitative estimate of drug-likeness (QED) is 0.849. The fourth-order valence-electron chi connectivity index (χ4n) is 1.19. The molecule has 0 heterocycles. The van der Waals surface area contributed by atoms with E-state index in [0.717, 1.165) is 0 Å². The average Bonchev–Trinajstić information content (AvgIpc) is 2.04. The molecule has 1 aromatic rings. The van der Waals surface area contributed by atoms with E-state index in [2.05, 4.69) is 0 Å². The van der Waals surface area contributed by atoms with Crippen LogP contribution in [0.15, 0.2) is 18.2 Å². The zero-order valence-electron chi connectivity index (χ0n) is 7.54. The van der Waals surface area contributed by atoms with Gasteiger partial charge in [-0.15, -0.1) is 12.4 Å². The Hall–Kier alpha value is -0.350. The van der Waals surface area contributed by atoms with Gasteiger partial charge in [0.05, 0.1) is 0 Å². The highest BCUT2D eigenvalue weighted by Gasteiger charge is 2.13. The summed E-state index contributed by atoms with van der Waals surface area (Å²) in [5.74, 6) is -0.367. The molecular formula is C9H13Cl2FN2. The molecule has 0 aliphatic heterocycles. The van der Waals surface area contributed by atoms with E-state index >= 15 is 0 Å². The normalized spacial score (nSPS) is 12.0. The van der Waals surface area contributed by atoms with Crippen LogP contribution in [-0.4, -0.2) is 6.54 Å². The highest BCUT2D eigenvalue weighted by molar-refractivity contribution is 6.31. The van der Waals surface area contributed by atoms with Crippen LogP contribution < -0.4 is 11.5 Å². The summed E-state index contributed by atoms with van der Waals surface area (Å²) in [6, 6.07) is 4.10. The maximum Gasteiger partial charge on any atom is 0.129 e. The molecule has 0 aliphatic rings. The molecule has 0 saturated heterocycles. The smallest absolute Gasteiger partial charge is 0.129 e. The van der Waals surface area contributed by atoms with E-state index in [1.165, 1.54) is 6.07 Å². The van der Waals surface area contributed by atoms with Crippen molar-refractivity contribution >= 4 is 24.0 Å². The highest BCUT2D eigenvalue weighted by Crippen LogP contribution is 2.25. The zero-order valence-corrected chi connectivity index (χ0v) is 9.11. The molecule has 1 aromatic carbocycles. The van der Waals surface area contributed by atoms with Gasteiger partial charge < -0.3 is 11.5 Å². The molecule has 0 unspecified atom stereocenters. The van der Waals surface area contributed by atoms with Crippen LogP contribution in [0.2, 0.25) is 5.02 Å². The number of hydrogen-bond acceptors (Lipinski definition) is 2. The molecule has 1 rings (SSSR count). The zero-order chi connectivity index (χ0) is 9.84. The monoisotopic (exact) mass is 238 g/mol. The van der Waals surface area contributed by atoms with Crippen LogP contribution in [0.1, 0.15) is 18.0 Å². The van der Waals surface area contributed by atoms with E-state index in [-0.39, 0.29) is 18.2 Å². The summed E-state index contributed by atoms with van der Waals surface area (Å²) in [7, 11) is 0. The Morgan fingerprint density at radius 1 is 1.43 bits per heavy atom. The summed E-state index contributed by atoms with van der Waals surface area (Å²) in [5, 5.41) is 0.362. The van der Waals surface area contributed by atoms with Crippen molar-refractivity contribution in [2.75, 3.05) is 6.54 Å². The molecular weight excluding hydrogens is 226 g/mol. The molecule has 4 N–H and O–H groups in total. The SMILES string of the molecule is Cl.NCC[C@H](N)c1c(F)cccc1Cl. The molecule has 80 valence electrons. The van der Waals surface area contributed by atoms with Gasteiger partial charge in [0.25, 0.3) is 0 Å². The van der Waals surface area contributed by atoms with Gasteiger partial charge in [0, 0.05) is 16.6 Å². The Balaban J connectivity index is 0.00000169. The largest absolute Gasteiger partial charge is 0.330 e. The maximum atomic E-state index is 13.2. The third-order valence-electron chi connectivity index (χ3n) is 1.85. The van der Waals surface area contributed by atoms with E-state index in [0.29, 0.717) is 23.6 Å². The van der Waals surface area contributed by atoms with Gasteiger partial charge in [0.15, 0.2) is 0 Å². The number of halogens is 3. The van der Waals surface area contributed by atoms with Crippen molar-refractivity contribution in [2.24, 2.45) is 11.5 Å². The summed E-state index contributed by atoms with van der Waals surface area (Å²) in [6.45, 7) is 0.422. The van der Waals surface area contributed by atoms with Crippen LogP contribution in [0.25, 0.3) is 0 Å². The lowest BCUT2D eigenvalue weighted by Gasteiger charge is -2.12. The first-order chi connectivity index (χ1) is 6.16. The average molecular weight is 239 g/mol. The molecule has 14 heavy (non-hydrogen) atoms. The van der Waals surface area contributed by atoms with Crippen molar-refractivity contribution in [3.8, 4) is 0 Å². The van der Waals surface area contributed by atoms with Crippen molar-refractivity contribution in [1.82, 2.24) is 0 Å². The fourth-order valence-corrected chi connectivity index (χ4v) is 1.49.